The van der Waals surface area contributed by atoms with Crippen LogP contribution in [0.25, 0.3) is 0 Å². The molecule has 0 atom stereocenters. The molecule has 124 valence electrons. The van der Waals surface area contributed by atoms with Gasteiger partial charge in [0.15, 0.2) is 0 Å². The summed E-state index contributed by atoms with van der Waals surface area (Å²) in [6.07, 6.45) is -2.63. The van der Waals surface area contributed by atoms with E-state index in [0.717, 1.165) is 38.1 Å². The minimum atomic E-state index is -4.33. The van der Waals surface area contributed by atoms with Crippen molar-refractivity contribution in [3.05, 3.63) is 65.7 Å². The van der Waals surface area contributed by atoms with E-state index in [0.29, 0.717) is 6.61 Å². The van der Waals surface area contributed by atoms with Crippen LogP contribution in [0.3, 0.4) is 0 Å². The van der Waals surface area contributed by atoms with Crippen LogP contribution in [0.5, 0.6) is 5.75 Å². The molecule has 2 aromatic carbocycles. The first-order valence-electron chi connectivity index (χ1n) is 7.60. The van der Waals surface area contributed by atoms with E-state index in [1.54, 1.807) is 6.07 Å². The van der Waals surface area contributed by atoms with Gasteiger partial charge in [-0.1, -0.05) is 36.4 Å². The third-order valence-corrected chi connectivity index (χ3v) is 3.35. The molecule has 2 nitrogen and oxygen atoms in total. The summed E-state index contributed by atoms with van der Waals surface area (Å²) >= 11 is 0. The Morgan fingerprint density at radius 2 is 1.70 bits per heavy atom. The lowest BCUT2D eigenvalue weighted by Gasteiger charge is -2.10. The highest BCUT2D eigenvalue weighted by atomic mass is 19.4. The van der Waals surface area contributed by atoms with Crippen molar-refractivity contribution in [3.8, 4) is 5.75 Å². The number of rotatable bonds is 8. The molecule has 0 fully saturated rings. The Labute approximate surface area is 134 Å². The second-order valence-corrected chi connectivity index (χ2v) is 5.24. The molecule has 0 amide bonds. The second-order valence-electron chi connectivity index (χ2n) is 5.24. The molecule has 2 aromatic rings. The van der Waals surface area contributed by atoms with Gasteiger partial charge in [-0.25, -0.2) is 0 Å². The lowest BCUT2D eigenvalue weighted by atomic mass is 10.2. The highest BCUT2D eigenvalue weighted by Gasteiger charge is 2.30. The SMILES string of the molecule is FC(F)(F)c1cccc(OCCCCNCc2ccccc2)c1. The molecule has 2 rings (SSSR count). The summed E-state index contributed by atoms with van der Waals surface area (Å²) in [5.74, 6) is 0.261. The number of hydrogen-bond acceptors (Lipinski definition) is 2. The number of hydrogen-bond donors (Lipinski definition) is 1. The van der Waals surface area contributed by atoms with Crippen LogP contribution in [0, 0.1) is 0 Å². The quantitative estimate of drug-likeness (QED) is 0.714. The van der Waals surface area contributed by atoms with E-state index in [-0.39, 0.29) is 5.75 Å². The summed E-state index contributed by atoms with van der Waals surface area (Å²) in [6.45, 7) is 2.07. The Hall–Kier alpha value is -2.01. The Morgan fingerprint density at radius 3 is 2.43 bits per heavy atom. The molecule has 5 heteroatoms. The molecule has 0 aliphatic heterocycles. The summed E-state index contributed by atoms with van der Waals surface area (Å²) in [6, 6.07) is 15.1. The molecular formula is C18H20F3NO. The smallest absolute Gasteiger partial charge is 0.416 e. The van der Waals surface area contributed by atoms with Crippen LogP contribution in [0.15, 0.2) is 54.6 Å². The minimum absolute atomic E-state index is 0.261. The highest BCUT2D eigenvalue weighted by molar-refractivity contribution is 5.30. The average Bonchev–Trinajstić information content (AvgIpc) is 2.54. The zero-order valence-electron chi connectivity index (χ0n) is 12.8. The average molecular weight is 323 g/mol. The number of ether oxygens (including phenoxy) is 1. The number of benzene rings is 2. The van der Waals surface area contributed by atoms with E-state index in [9.17, 15) is 13.2 Å². The molecule has 0 aliphatic rings. The summed E-state index contributed by atoms with van der Waals surface area (Å²) < 4.78 is 43.1. The van der Waals surface area contributed by atoms with E-state index < -0.39 is 11.7 Å². The predicted molar refractivity (Wildman–Crippen MR) is 84.3 cm³/mol. The third kappa shape index (κ3) is 6.32. The molecule has 0 saturated heterocycles. The minimum Gasteiger partial charge on any atom is -0.494 e. The topological polar surface area (TPSA) is 21.3 Å². The van der Waals surface area contributed by atoms with Crippen molar-refractivity contribution in [2.45, 2.75) is 25.6 Å². The molecule has 1 N–H and O–H groups in total. The van der Waals surface area contributed by atoms with Crippen LogP contribution < -0.4 is 10.1 Å². The number of alkyl halides is 3. The lowest BCUT2D eigenvalue weighted by Crippen LogP contribution is -2.15. The number of halogens is 3. The van der Waals surface area contributed by atoms with E-state index in [1.807, 2.05) is 18.2 Å². The van der Waals surface area contributed by atoms with Crippen LogP contribution in [-0.2, 0) is 12.7 Å². The van der Waals surface area contributed by atoms with Crippen molar-refractivity contribution in [1.29, 1.82) is 0 Å². The summed E-state index contributed by atoms with van der Waals surface area (Å²) in [5, 5.41) is 3.33. The second kappa shape index (κ2) is 8.58. The molecule has 0 aliphatic carbocycles. The van der Waals surface area contributed by atoms with Crippen molar-refractivity contribution < 1.29 is 17.9 Å². The molecule has 23 heavy (non-hydrogen) atoms. The van der Waals surface area contributed by atoms with Gasteiger partial charge in [0.1, 0.15) is 5.75 Å². The lowest BCUT2D eigenvalue weighted by molar-refractivity contribution is -0.137. The first kappa shape index (κ1) is 17.3. The largest absolute Gasteiger partial charge is 0.494 e. The highest BCUT2D eigenvalue weighted by Crippen LogP contribution is 2.31. The van der Waals surface area contributed by atoms with Gasteiger partial charge >= 0.3 is 6.18 Å². The fourth-order valence-corrected chi connectivity index (χ4v) is 2.13. The molecule has 0 saturated carbocycles. The van der Waals surface area contributed by atoms with Crippen molar-refractivity contribution in [2.75, 3.05) is 13.2 Å². The predicted octanol–water partition coefficient (Wildman–Crippen LogP) is 4.65. The van der Waals surface area contributed by atoms with Gasteiger partial charge in [-0.3, -0.25) is 0 Å². The zero-order valence-corrected chi connectivity index (χ0v) is 12.8. The molecular weight excluding hydrogens is 303 g/mol. The Morgan fingerprint density at radius 1 is 0.913 bits per heavy atom. The van der Waals surface area contributed by atoms with Gasteiger partial charge in [-0.15, -0.1) is 0 Å². The molecule has 0 unspecified atom stereocenters. The maximum atomic E-state index is 12.6. The normalized spacial score (nSPS) is 11.4. The summed E-state index contributed by atoms with van der Waals surface area (Å²) in [4.78, 5) is 0. The van der Waals surface area contributed by atoms with Crippen LogP contribution >= 0.6 is 0 Å². The van der Waals surface area contributed by atoms with Crippen molar-refractivity contribution in [3.63, 3.8) is 0 Å². The van der Waals surface area contributed by atoms with E-state index in [1.165, 1.54) is 11.6 Å². The number of unbranched alkanes of at least 4 members (excludes halogenated alkanes) is 1. The molecule has 0 radical (unpaired) electrons. The number of nitrogens with one attached hydrogen (secondary N) is 1. The maximum absolute atomic E-state index is 12.6. The van der Waals surface area contributed by atoms with Crippen molar-refractivity contribution in [2.24, 2.45) is 0 Å². The van der Waals surface area contributed by atoms with Crippen LogP contribution in [0.4, 0.5) is 13.2 Å². The van der Waals surface area contributed by atoms with E-state index in [2.05, 4.69) is 17.4 Å². The van der Waals surface area contributed by atoms with Crippen molar-refractivity contribution >= 4 is 0 Å². The first-order valence-corrected chi connectivity index (χ1v) is 7.60. The Balaban J connectivity index is 1.60. The standard InChI is InChI=1S/C18H20F3NO/c19-18(20,21)16-9-6-10-17(13-16)23-12-5-4-11-22-14-15-7-2-1-3-8-15/h1-3,6-10,13,22H,4-5,11-12,14H2. The van der Waals surface area contributed by atoms with Gasteiger partial charge in [-0.2, -0.15) is 13.2 Å². The monoisotopic (exact) mass is 323 g/mol. The van der Waals surface area contributed by atoms with E-state index >= 15 is 0 Å². The maximum Gasteiger partial charge on any atom is 0.416 e. The Bertz CT molecular complexity index is 584. The zero-order chi connectivity index (χ0) is 16.5. The third-order valence-electron chi connectivity index (χ3n) is 3.35. The first-order chi connectivity index (χ1) is 11.1. The van der Waals surface area contributed by atoms with Crippen LogP contribution in [0.1, 0.15) is 24.0 Å². The Kier molecular flexibility index (Phi) is 6.47. The van der Waals surface area contributed by atoms with E-state index in [4.69, 9.17) is 4.74 Å². The fourth-order valence-electron chi connectivity index (χ4n) is 2.13. The molecule has 0 aromatic heterocycles. The van der Waals surface area contributed by atoms with Gasteiger partial charge in [-0.05, 0) is 43.1 Å². The summed E-state index contributed by atoms with van der Waals surface area (Å²) in [5.41, 5.74) is 0.548. The molecule has 0 bridgehead atoms. The van der Waals surface area contributed by atoms with Gasteiger partial charge in [0.2, 0.25) is 0 Å². The molecule has 0 spiro atoms. The van der Waals surface area contributed by atoms with Gasteiger partial charge in [0, 0.05) is 6.54 Å². The van der Waals surface area contributed by atoms with Crippen LogP contribution in [-0.4, -0.2) is 13.2 Å². The van der Waals surface area contributed by atoms with Gasteiger partial charge in [0.25, 0.3) is 0 Å². The van der Waals surface area contributed by atoms with Gasteiger partial charge < -0.3 is 10.1 Å². The van der Waals surface area contributed by atoms with Crippen molar-refractivity contribution in [1.82, 2.24) is 5.32 Å². The fraction of sp³-hybridized carbons (Fsp3) is 0.333. The van der Waals surface area contributed by atoms with Crippen LogP contribution in [0.2, 0.25) is 0 Å². The van der Waals surface area contributed by atoms with Gasteiger partial charge in [0.05, 0.1) is 12.2 Å². The summed E-state index contributed by atoms with van der Waals surface area (Å²) in [7, 11) is 0. The molecule has 0 heterocycles.